The molecule has 5 heteroatoms. The minimum Gasteiger partial charge on any atom is -0.296 e. The van der Waals surface area contributed by atoms with Crippen LogP contribution in [0.1, 0.15) is 19.7 Å². The van der Waals surface area contributed by atoms with Crippen molar-refractivity contribution in [1.29, 1.82) is 0 Å². The molecule has 0 unspecified atom stereocenters. The molecule has 86 valence electrons. The summed E-state index contributed by atoms with van der Waals surface area (Å²) in [5, 5.41) is 3.51. The number of thiophene rings is 1. The van der Waals surface area contributed by atoms with Crippen LogP contribution in [0.5, 0.6) is 0 Å². The van der Waals surface area contributed by atoms with E-state index in [-0.39, 0.29) is 0 Å². The molecule has 0 saturated carbocycles. The van der Waals surface area contributed by atoms with E-state index in [1.165, 1.54) is 0 Å². The fourth-order valence-corrected chi connectivity index (χ4v) is 2.67. The number of hydrogen-bond acceptors (Lipinski definition) is 4. The first-order valence-electron chi connectivity index (χ1n) is 5.36. The van der Waals surface area contributed by atoms with Gasteiger partial charge in [0, 0.05) is 5.39 Å². The molecule has 0 aliphatic heterocycles. The van der Waals surface area contributed by atoms with E-state index in [0.29, 0.717) is 5.15 Å². The summed E-state index contributed by atoms with van der Waals surface area (Å²) in [4.78, 5) is 12.1. The molecule has 0 saturated heterocycles. The van der Waals surface area contributed by atoms with Crippen molar-refractivity contribution in [2.45, 2.75) is 20.4 Å². The summed E-state index contributed by atoms with van der Waals surface area (Å²) in [6.07, 6.45) is 0. The summed E-state index contributed by atoms with van der Waals surface area (Å²) in [7, 11) is 0. The summed E-state index contributed by atoms with van der Waals surface area (Å²) < 4.78 is 0. The Balaban J connectivity index is 2.30. The average molecular weight is 256 g/mol. The van der Waals surface area contributed by atoms with Crippen LogP contribution >= 0.6 is 22.9 Å². The lowest BCUT2D eigenvalue weighted by Gasteiger charge is -2.16. The summed E-state index contributed by atoms with van der Waals surface area (Å²) in [5.41, 5.74) is 0. The first-order chi connectivity index (χ1) is 7.74. The highest BCUT2D eigenvalue weighted by molar-refractivity contribution is 7.16. The van der Waals surface area contributed by atoms with Gasteiger partial charge < -0.3 is 0 Å². The summed E-state index contributed by atoms with van der Waals surface area (Å²) in [6, 6.07) is 1.96. The van der Waals surface area contributed by atoms with Gasteiger partial charge in [0.25, 0.3) is 0 Å². The molecule has 16 heavy (non-hydrogen) atoms. The van der Waals surface area contributed by atoms with Crippen LogP contribution in [0.25, 0.3) is 10.2 Å². The monoisotopic (exact) mass is 255 g/mol. The van der Waals surface area contributed by atoms with Gasteiger partial charge in [0.2, 0.25) is 0 Å². The van der Waals surface area contributed by atoms with E-state index in [0.717, 1.165) is 35.7 Å². The molecule has 0 N–H and O–H groups in total. The smallest absolute Gasteiger partial charge is 0.145 e. The molecule has 0 amide bonds. The minimum absolute atomic E-state index is 0.563. The minimum atomic E-state index is 0.563. The van der Waals surface area contributed by atoms with Crippen LogP contribution in [0.15, 0.2) is 11.4 Å². The zero-order valence-corrected chi connectivity index (χ0v) is 11.0. The van der Waals surface area contributed by atoms with Gasteiger partial charge in [0.15, 0.2) is 0 Å². The SMILES string of the molecule is CCN(CC)Cc1nc(Cl)c2ccsc2n1. The van der Waals surface area contributed by atoms with Gasteiger partial charge in [-0.2, -0.15) is 0 Å². The van der Waals surface area contributed by atoms with E-state index in [2.05, 4.69) is 28.7 Å². The maximum Gasteiger partial charge on any atom is 0.145 e. The van der Waals surface area contributed by atoms with Gasteiger partial charge in [-0.05, 0) is 24.5 Å². The van der Waals surface area contributed by atoms with Crippen LogP contribution in [-0.4, -0.2) is 28.0 Å². The van der Waals surface area contributed by atoms with Crippen LogP contribution in [-0.2, 0) is 6.54 Å². The van der Waals surface area contributed by atoms with E-state index < -0.39 is 0 Å². The van der Waals surface area contributed by atoms with Gasteiger partial charge in [0.05, 0.1) is 6.54 Å². The predicted octanol–water partition coefficient (Wildman–Crippen LogP) is 3.19. The number of aromatic nitrogens is 2. The second kappa shape index (κ2) is 5.08. The molecule has 0 spiro atoms. The Kier molecular flexibility index (Phi) is 3.74. The first-order valence-corrected chi connectivity index (χ1v) is 6.62. The Morgan fingerprint density at radius 2 is 2.06 bits per heavy atom. The molecule has 0 aliphatic carbocycles. The van der Waals surface area contributed by atoms with Crippen molar-refractivity contribution in [2.75, 3.05) is 13.1 Å². The Bertz CT molecular complexity index is 479. The van der Waals surface area contributed by atoms with E-state index >= 15 is 0 Å². The van der Waals surface area contributed by atoms with Crippen molar-refractivity contribution < 1.29 is 0 Å². The third kappa shape index (κ3) is 2.34. The highest BCUT2D eigenvalue weighted by Gasteiger charge is 2.09. The predicted molar refractivity (Wildman–Crippen MR) is 69.1 cm³/mol. The van der Waals surface area contributed by atoms with E-state index in [1.807, 2.05) is 11.4 Å². The maximum atomic E-state index is 6.11. The third-order valence-electron chi connectivity index (χ3n) is 2.58. The average Bonchev–Trinajstić information content (AvgIpc) is 2.74. The van der Waals surface area contributed by atoms with Crippen molar-refractivity contribution in [2.24, 2.45) is 0 Å². The van der Waals surface area contributed by atoms with Crippen molar-refractivity contribution in [3.63, 3.8) is 0 Å². The van der Waals surface area contributed by atoms with Crippen molar-refractivity contribution in [3.05, 3.63) is 22.4 Å². The third-order valence-corrected chi connectivity index (χ3v) is 3.68. The number of fused-ring (bicyclic) bond motifs is 1. The zero-order valence-electron chi connectivity index (χ0n) is 9.40. The quantitative estimate of drug-likeness (QED) is 0.786. The molecule has 0 bridgehead atoms. The molecular weight excluding hydrogens is 242 g/mol. The summed E-state index contributed by atoms with van der Waals surface area (Å²) >= 11 is 7.71. The van der Waals surface area contributed by atoms with Gasteiger partial charge in [-0.3, -0.25) is 4.90 Å². The molecule has 3 nitrogen and oxygen atoms in total. The van der Waals surface area contributed by atoms with E-state index in [9.17, 15) is 0 Å². The van der Waals surface area contributed by atoms with Crippen LogP contribution < -0.4 is 0 Å². The van der Waals surface area contributed by atoms with E-state index in [1.54, 1.807) is 11.3 Å². The van der Waals surface area contributed by atoms with Gasteiger partial charge in [0.1, 0.15) is 15.8 Å². The van der Waals surface area contributed by atoms with Crippen LogP contribution in [0, 0.1) is 0 Å². The first kappa shape index (κ1) is 11.8. The summed E-state index contributed by atoms with van der Waals surface area (Å²) in [5.74, 6) is 0.809. The standard InChI is InChI=1S/C11H14ClN3S/c1-3-15(4-2)7-9-13-10(12)8-5-6-16-11(8)14-9/h5-6H,3-4,7H2,1-2H3. The van der Waals surface area contributed by atoms with Crippen LogP contribution in [0.2, 0.25) is 5.15 Å². The number of hydrogen-bond donors (Lipinski definition) is 0. The lowest BCUT2D eigenvalue weighted by Crippen LogP contribution is -2.23. The number of nitrogens with zero attached hydrogens (tertiary/aromatic N) is 3. The molecule has 0 atom stereocenters. The molecule has 0 aromatic carbocycles. The fourth-order valence-electron chi connectivity index (χ4n) is 1.58. The van der Waals surface area contributed by atoms with Gasteiger partial charge >= 0.3 is 0 Å². The highest BCUT2D eigenvalue weighted by atomic mass is 35.5. The van der Waals surface area contributed by atoms with Gasteiger partial charge in [-0.25, -0.2) is 9.97 Å². The number of halogens is 1. The lowest BCUT2D eigenvalue weighted by atomic mass is 10.4. The molecule has 0 radical (unpaired) electrons. The van der Waals surface area contributed by atoms with Gasteiger partial charge in [-0.15, -0.1) is 11.3 Å². The Morgan fingerprint density at radius 1 is 1.31 bits per heavy atom. The maximum absolute atomic E-state index is 6.11. The highest BCUT2D eigenvalue weighted by Crippen LogP contribution is 2.24. The molecule has 0 fully saturated rings. The van der Waals surface area contributed by atoms with Crippen molar-refractivity contribution in [3.8, 4) is 0 Å². The Morgan fingerprint density at radius 3 is 2.75 bits per heavy atom. The molecule has 2 heterocycles. The Hall–Kier alpha value is -0.710. The largest absolute Gasteiger partial charge is 0.296 e. The zero-order chi connectivity index (χ0) is 11.5. The molecule has 2 rings (SSSR count). The second-order valence-corrected chi connectivity index (χ2v) is 4.78. The molecule has 0 aliphatic rings. The summed E-state index contributed by atoms with van der Waals surface area (Å²) in [6.45, 7) is 7.03. The fraction of sp³-hybridized carbons (Fsp3) is 0.455. The van der Waals surface area contributed by atoms with Crippen LogP contribution in [0.4, 0.5) is 0 Å². The second-order valence-electron chi connectivity index (χ2n) is 3.53. The normalized spacial score (nSPS) is 11.5. The van der Waals surface area contributed by atoms with Crippen molar-refractivity contribution >= 4 is 33.2 Å². The topological polar surface area (TPSA) is 29.0 Å². The Labute approximate surface area is 104 Å². The van der Waals surface area contributed by atoms with Crippen molar-refractivity contribution in [1.82, 2.24) is 14.9 Å². The van der Waals surface area contributed by atoms with Gasteiger partial charge in [-0.1, -0.05) is 25.4 Å². The molecular formula is C11H14ClN3S. The molecule has 2 aromatic heterocycles. The lowest BCUT2D eigenvalue weighted by molar-refractivity contribution is 0.288. The van der Waals surface area contributed by atoms with E-state index in [4.69, 9.17) is 11.6 Å². The number of rotatable bonds is 4. The van der Waals surface area contributed by atoms with Crippen LogP contribution in [0.3, 0.4) is 0 Å². The molecule has 2 aromatic rings.